The van der Waals surface area contributed by atoms with Gasteiger partial charge in [0, 0.05) is 18.6 Å². The fourth-order valence-electron chi connectivity index (χ4n) is 1.90. The SMILES string of the molecule is CC(C)(CC(C)(OF)N1C(=O)C=CC1=O)C(=O)O. The van der Waals surface area contributed by atoms with Crippen molar-refractivity contribution >= 4 is 17.8 Å². The van der Waals surface area contributed by atoms with Crippen LogP contribution in [-0.4, -0.2) is 33.5 Å². The van der Waals surface area contributed by atoms with Gasteiger partial charge in [0.2, 0.25) is 0 Å². The summed E-state index contributed by atoms with van der Waals surface area (Å²) in [6.45, 7) is 3.86. The number of carbonyl (C=O) groups is 3. The second kappa shape index (κ2) is 4.49. The highest BCUT2D eigenvalue weighted by atomic mass is 19.3. The molecule has 7 heteroatoms. The highest BCUT2D eigenvalue weighted by Crippen LogP contribution is 2.35. The van der Waals surface area contributed by atoms with Crippen molar-refractivity contribution in [3.8, 4) is 0 Å². The number of carbonyl (C=O) groups excluding carboxylic acids is 2. The molecule has 1 heterocycles. The van der Waals surface area contributed by atoms with Crippen LogP contribution in [0.5, 0.6) is 0 Å². The zero-order chi connectivity index (χ0) is 14.1. The summed E-state index contributed by atoms with van der Waals surface area (Å²) in [5.74, 6) is -2.65. The van der Waals surface area contributed by atoms with Gasteiger partial charge in [0.25, 0.3) is 11.8 Å². The summed E-state index contributed by atoms with van der Waals surface area (Å²) in [6.07, 6.45) is 1.59. The number of amides is 2. The van der Waals surface area contributed by atoms with Gasteiger partial charge in [-0.3, -0.25) is 14.4 Å². The number of carboxylic acids is 1. The highest BCUT2D eigenvalue weighted by molar-refractivity contribution is 6.13. The molecule has 1 atom stereocenters. The Morgan fingerprint density at radius 2 is 1.78 bits per heavy atom. The largest absolute Gasteiger partial charge is 0.481 e. The van der Waals surface area contributed by atoms with Crippen molar-refractivity contribution < 1.29 is 29.0 Å². The van der Waals surface area contributed by atoms with E-state index in [4.69, 9.17) is 5.11 Å². The average Bonchev–Trinajstić information content (AvgIpc) is 2.58. The number of carboxylic acid groups (broad SMARTS) is 1. The van der Waals surface area contributed by atoms with Gasteiger partial charge in [0.05, 0.1) is 5.41 Å². The van der Waals surface area contributed by atoms with Gasteiger partial charge in [-0.1, -0.05) is 0 Å². The third-order valence-electron chi connectivity index (χ3n) is 2.80. The molecule has 0 aromatic rings. The Balaban J connectivity index is 3.04. The molecule has 1 N–H and O–H groups in total. The number of imide groups is 1. The lowest BCUT2D eigenvalue weighted by Gasteiger charge is -2.37. The molecule has 2 amide bonds. The average molecular weight is 259 g/mol. The molecule has 1 unspecified atom stereocenters. The molecule has 0 spiro atoms. The van der Waals surface area contributed by atoms with Gasteiger partial charge in [-0.25, -0.2) is 4.90 Å². The second-order valence-electron chi connectivity index (χ2n) is 4.96. The molecule has 0 saturated heterocycles. The standard InChI is InChI=1S/C11H14FNO5/c1-10(2,9(16)17)6-11(3,18-12)13-7(14)4-5-8(13)15/h4-5H,6H2,1-3H3,(H,16,17). The first-order chi connectivity index (χ1) is 8.14. The van der Waals surface area contributed by atoms with E-state index in [0.717, 1.165) is 19.1 Å². The van der Waals surface area contributed by atoms with Gasteiger partial charge in [-0.15, -0.1) is 0 Å². The number of halogens is 1. The van der Waals surface area contributed by atoms with Crippen molar-refractivity contribution in [2.45, 2.75) is 32.9 Å². The molecule has 0 fully saturated rings. The van der Waals surface area contributed by atoms with E-state index in [1.807, 2.05) is 0 Å². The number of rotatable bonds is 5. The van der Waals surface area contributed by atoms with Crippen molar-refractivity contribution in [1.82, 2.24) is 4.90 Å². The predicted octanol–water partition coefficient (Wildman–Crippen LogP) is 1.03. The van der Waals surface area contributed by atoms with Crippen LogP contribution in [0, 0.1) is 5.41 Å². The van der Waals surface area contributed by atoms with E-state index >= 15 is 0 Å². The van der Waals surface area contributed by atoms with Crippen molar-refractivity contribution in [1.29, 1.82) is 0 Å². The fraction of sp³-hybridized carbons (Fsp3) is 0.545. The summed E-state index contributed by atoms with van der Waals surface area (Å²) in [6, 6.07) is 0. The number of hydrogen-bond acceptors (Lipinski definition) is 4. The molecule has 0 aromatic carbocycles. The molecule has 100 valence electrons. The molecule has 6 nitrogen and oxygen atoms in total. The first kappa shape index (κ1) is 14.3. The smallest absolute Gasteiger partial charge is 0.309 e. The van der Waals surface area contributed by atoms with Gasteiger partial charge in [-0.05, 0) is 25.3 Å². The Morgan fingerprint density at radius 1 is 1.33 bits per heavy atom. The Morgan fingerprint density at radius 3 is 2.11 bits per heavy atom. The first-order valence-corrected chi connectivity index (χ1v) is 5.23. The molecule has 1 aliphatic heterocycles. The van der Waals surface area contributed by atoms with Crippen LogP contribution in [0.15, 0.2) is 12.2 Å². The van der Waals surface area contributed by atoms with E-state index in [2.05, 4.69) is 4.94 Å². The van der Waals surface area contributed by atoms with Gasteiger partial charge >= 0.3 is 5.97 Å². The minimum absolute atomic E-state index is 0.370. The molecule has 0 aliphatic carbocycles. The maximum Gasteiger partial charge on any atom is 0.309 e. The fourth-order valence-corrected chi connectivity index (χ4v) is 1.90. The molecule has 0 bridgehead atoms. The highest BCUT2D eigenvalue weighted by Gasteiger charge is 2.48. The van der Waals surface area contributed by atoms with Crippen LogP contribution in [-0.2, 0) is 19.3 Å². The lowest BCUT2D eigenvalue weighted by Crippen LogP contribution is -2.53. The second-order valence-corrected chi connectivity index (χ2v) is 4.96. The van der Waals surface area contributed by atoms with E-state index in [0.29, 0.717) is 4.90 Å². The zero-order valence-corrected chi connectivity index (χ0v) is 10.3. The minimum atomic E-state index is -1.94. The molecular formula is C11H14FNO5. The number of hydrogen-bond donors (Lipinski definition) is 1. The van der Waals surface area contributed by atoms with Crippen LogP contribution >= 0.6 is 0 Å². The third-order valence-corrected chi connectivity index (χ3v) is 2.80. The van der Waals surface area contributed by atoms with E-state index in [1.165, 1.54) is 13.8 Å². The van der Waals surface area contributed by atoms with Gasteiger partial charge in [0.1, 0.15) is 0 Å². The maximum absolute atomic E-state index is 12.8. The quantitative estimate of drug-likeness (QED) is 0.745. The topological polar surface area (TPSA) is 83.9 Å². The van der Waals surface area contributed by atoms with Gasteiger partial charge in [-0.2, -0.15) is 4.94 Å². The van der Waals surface area contributed by atoms with E-state index < -0.39 is 28.9 Å². The summed E-state index contributed by atoms with van der Waals surface area (Å²) in [5, 5.41) is 8.99. The van der Waals surface area contributed by atoms with Gasteiger partial charge in [0.15, 0.2) is 5.72 Å². The van der Waals surface area contributed by atoms with E-state index in [-0.39, 0.29) is 6.42 Å². The molecule has 0 aromatic heterocycles. The molecular weight excluding hydrogens is 245 g/mol. The van der Waals surface area contributed by atoms with Crippen LogP contribution in [0.3, 0.4) is 0 Å². The zero-order valence-electron chi connectivity index (χ0n) is 10.3. The van der Waals surface area contributed by atoms with Gasteiger partial charge < -0.3 is 5.11 Å². The molecule has 1 rings (SSSR count). The molecule has 0 radical (unpaired) electrons. The van der Waals surface area contributed by atoms with Crippen molar-refractivity contribution in [3.63, 3.8) is 0 Å². The molecule has 18 heavy (non-hydrogen) atoms. The monoisotopic (exact) mass is 259 g/mol. The molecule has 1 aliphatic rings. The van der Waals surface area contributed by atoms with E-state index in [9.17, 15) is 18.9 Å². The summed E-state index contributed by atoms with van der Waals surface area (Å²) >= 11 is 0. The lowest BCUT2D eigenvalue weighted by molar-refractivity contribution is -0.283. The van der Waals surface area contributed by atoms with E-state index in [1.54, 1.807) is 0 Å². The van der Waals surface area contributed by atoms with Crippen LogP contribution in [0.2, 0.25) is 0 Å². The minimum Gasteiger partial charge on any atom is -0.481 e. The summed E-state index contributed by atoms with van der Waals surface area (Å²) in [5.41, 5.74) is -3.30. The predicted molar refractivity (Wildman–Crippen MR) is 57.6 cm³/mol. The van der Waals surface area contributed by atoms with Crippen LogP contribution in [0.1, 0.15) is 27.2 Å². The van der Waals surface area contributed by atoms with Crippen LogP contribution in [0.4, 0.5) is 4.53 Å². The Kier molecular flexibility index (Phi) is 3.57. The van der Waals surface area contributed by atoms with Crippen molar-refractivity contribution in [2.75, 3.05) is 0 Å². The van der Waals surface area contributed by atoms with Crippen molar-refractivity contribution in [2.24, 2.45) is 5.41 Å². The number of nitrogens with zero attached hydrogens (tertiary/aromatic N) is 1. The normalized spacial score (nSPS) is 19.2. The molecule has 0 saturated carbocycles. The van der Waals surface area contributed by atoms with Crippen molar-refractivity contribution in [3.05, 3.63) is 12.2 Å². The number of aliphatic carboxylic acids is 1. The first-order valence-electron chi connectivity index (χ1n) is 5.23. The summed E-state index contributed by atoms with van der Waals surface area (Å²) in [4.78, 5) is 38.2. The Hall–Kier alpha value is -1.76. The Bertz CT molecular complexity index is 413. The van der Waals surface area contributed by atoms with Crippen LogP contribution in [0.25, 0.3) is 0 Å². The third kappa shape index (κ3) is 2.40. The summed E-state index contributed by atoms with van der Waals surface area (Å²) < 4.78 is 12.8. The maximum atomic E-state index is 12.8. The Labute approximate surface area is 103 Å². The van der Waals surface area contributed by atoms with Crippen LogP contribution < -0.4 is 0 Å². The summed E-state index contributed by atoms with van der Waals surface area (Å²) in [7, 11) is 0. The lowest BCUT2D eigenvalue weighted by atomic mass is 9.84.